The Labute approximate surface area is 247 Å². The normalized spacial score (nSPS) is 23.9. The Morgan fingerprint density at radius 1 is 0.548 bits per heavy atom. The number of nitrogens with zero attached hydrogens (tertiary/aromatic N) is 4. The standard InChI is InChI=1S/C38H32N4/c39-24-32-20-33(38-21-25-16-26(22-38)18-27(17-25)23-38)14-15-34(32)30-12-7-13-31(19-30)37-41-35(28-8-3-1-4-9-28)40-36(42-37)29-10-5-2-6-11-29/h1-15,19-20,25-27H,16-18,21-23H2. The van der Waals surface area contributed by atoms with Crippen molar-refractivity contribution in [2.24, 2.45) is 17.8 Å². The molecule has 0 unspecified atom stereocenters. The topological polar surface area (TPSA) is 62.5 Å². The van der Waals surface area contributed by atoms with Gasteiger partial charge in [-0.3, -0.25) is 0 Å². The average molecular weight is 545 g/mol. The van der Waals surface area contributed by atoms with Crippen LogP contribution >= 0.6 is 0 Å². The zero-order chi connectivity index (χ0) is 28.1. The minimum atomic E-state index is 0.271. The average Bonchev–Trinajstić information content (AvgIpc) is 3.04. The fraction of sp³-hybridized carbons (Fsp3) is 0.263. The highest BCUT2D eigenvalue weighted by molar-refractivity contribution is 5.76. The lowest BCUT2D eigenvalue weighted by Gasteiger charge is -2.57. The molecule has 4 aliphatic rings. The van der Waals surface area contributed by atoms with Gasteiger partial charge in [-0.15, -0.1) is 0 Å². The molecule has 4 saturated carbocycles. The van der Waals surface area contributed by atoms with Gasteiger partial charge in [0.05, 0.1) is 11.6 Å². The molecule has 5 aromatic rings. The highest BCUT2D eigenvalue weighted by atomic mass is 15.0. The summed E-state index contributed by atoms with van der Waals surface area (Å²) >= 11 is 0. The molecule has 0 amide bonds. The van der Waals surface area contributed by atoms with Crippen LogP contribution in [0.1, 0.15) is 49.7 Å². The summed E-state index contributed by atoms with van der Waals surface area (Å²) in [5, 5.41) is 10.3. The van der Waals surface area contributed by atoms with Gasteiger partial charge in [0.25, 0.3) is 0 Å². The van der Waals surface area contributed by atoms with Crippen LogP contribution < -0.4 is 0 Å². The fourth-order valence-electron chi connectivity index (χ4n) is 8.45. The third kappa shape index (κ3) is 4.41. The smallest absolute Gasteiger partial charge is 0.164 e. The molecule has 4 bridgehead atoms. The molecule has 4 aromatic carbocycles. The molecule has 0 N–H and O–H groups in total. The minimum absolute atomic E-state index is 0.271. The number of nitriles is 1. The van der Waals surface area contributed by atoms with Crippen molar-refractivity contribution < 1.29 is 0 Å². The van der Waals surface area contributed by atoms with Crippen molar-refractivity contribution in [1.29, 1.82) is 5.26 Å². The van der Waals surface area contributed by atoms with Crippen molar-refractivity contribution in [1.82, 2.24) is 15.0 Å². The highest BCUT2D eigenvalue weighted by Gasteiger charge is 2.51. The van der Waals surface area contributed by atoms with Gasteiger partial charge in [0, 0.05) is 16.7 Å². The Hall–Kier alpha value is -4.62. The van der Waals surface area contributed by atoms with Crippen LogP contribution in [-0.2, 0) is 5.41 Å². The van der Waals surface area contributed by atoms with Crippen LogP contribution in [0.15, 0.2) is 103 Å². The first-order valence-corrected chi connectivity index (χ1v) is 15.2. The van der Waals surface area contributed by atoms with E-state index in [-0.39, 0.29) is 5.41 Å². The summed E-state index contributed by atoms with van der Waals surface area (Å²) in [6.07, 6.45) is 8.15. The van der Waals surface area contributed by atoms with Gasteiger partial charge in [0.15, 0.2) is 17.5 Å². The molecule has 1 aromatic heterocycles. The number of benzene rings is 4. The maximum atomic E-state index is 10.3. The van der Waals surface area contributed by atoms with Crippen LogP contribution in [-0.4, -0.2) is 15.0 Å². The number of hydrogen-bond acceptors (Lipinski definition) is 4. The van der Waals surface area contributed by atoms with E-state index in [0.29, 0.717) is 17.5 Å². The Morgan fingerprint density at radius 3 is 1.60 bits per heavy atom. The zero-order valence-electron chi connectivity index (χ0n) is 23.6. The molecule has 204 valence electrons. The molecular weight excluding hydrogens is 512 g/mol. The van der Waals surface area contributed by atoms with E-state index in [0.717, 1.165) is 51.1 Å². The van der Waals surface area contributed by atoms with E-state index in [1.165, 1.54) is 44.1 Å². The van der Waals surface area contributed by atoms with Crippen LogP contribution in [0.25, 0.3) is 45.3 Å². The van der Waals surface area contributed by atoms with Crippen molar-refractivity contribution in [3.05, 3.63) is 114 Å². The van der Waals surface area contributed by atoms with Crippen LogP contribution in [0.5, 0.6) is 0 Å². The number of hydrogen-bond donors (Lipinski definition) is 0. The summed E-state index contributed by atoms with van der Waals surface area (Å²) in [4.78, 5) is 14.6. The van der Waals surface area contributed by atoms with Crippen LogP contribution in [0.4, 0.5) is 0 Å². The predicted molar refractivity (Wildman–Crippen MR) is 166 cm³/mol. The molecular formula is C38H32N4. The van der Waals surface area contributed by atoms with Gasteiger partial charge in [-0.25, -0.2) is 15.0 Å². The third-order valence-electron chi connectivity index (χ3n) is 9.92. The van der Waals surface area contributed by atoms with Gasteiger partial charge in [0.1, 0.15) is 0 Å². The second-order valence-electron chi connectivity index (χ2n) is 12.7. The van der Waals surface area contributed by atoms with E-state index in [9.17, 15) is 5.26 Å². The lowest BCUT2D eigenvalue weighted by Crippen LogP contribution is -2.48. The molecule has 0 radical (unpaired) electrons. The van der Waals surface area contributed by atoms with Crippen molar-refractivity contribution >= 4 is 0 Å². The molecule has 9 rings (SSSR count). The van der Waals surface area contributed by atoms with Crippen LogP contribution in [0.2, 0.25) is 0 Å². The molecule has 4 aliphatic carbocycles. The largest absolute Gasteiger partial charge is 0.208 e. The first-order valence-electron chi connectivity index (χ1n) is 15.2. The van der Waals surface area contributed by atoms with Gasteiger partial charge in [-0.05, 0) is 90.5 Å². The maximum Gasteiger partial charge on any atom is 0.164 e. The molecule has 0 aliphatic heterocycles. The summed E-state index contributed by atoms with van der Waals surface area (Å²) in [5.41, 5.74) is 7.17. The van der Waals surface area contributed by atoms with Crippen LogP contribution in [0, 0.1) is 29.1 Å². The monoisotopic (exact) mass is 544 g/mol. The third-order valence-corrected chi connectivity index (χ3v) is 9.92. The first-order chi connectivity index (χ1) is 20.7. The molecule has 0 atom stereocenters. The molecule has 4 fully saturated rings. The van der Waals surface area contributed by atoms with E-state index in [1.807, 2.05) is 72.8 Å². The first kappa shape index (κ1) is 25.1. The highest BCUT2D eigenvalue weighted by Crippen LogP contribution is 2.60. The summed E-state index contributed by atoms with van der Waals surface area (Å²) < 4.78 is 0. The molecule has 1 heterocycles. The summed E-state index contributed by atoms with van der Waals surface area (Å²) in [6.45, 7) is 0. The van der Waals surface area contributed by atoms with Crippen molar-refractivity contribution in [2.45, 2.75) is 43.9 Å². The van der Waals surface area contributed by atoms with Gasteiger partial charge in [-0.2, -0.15) is 5.26 Å². The van der Waals surface area contributed by atoms with Crippen LogP contribution in [0.3, 0.4) is 0 Å². The van der Waals surface area contributed by atoms with E-state index in [2.05, 4.69) is 36.4 Å². The Morgan fingerprint density at radius 2 is 1.05 bits per heavy atom. The van der Waals surface area contributed by atoms with Crippen molar-refractivity contribution in [2.75, 3.05) is 0 Å². The molecule has 4 nitrogen and oxygen atoms in total. The molecule has 0 spiro atoms. The zero-order valence-corrected chi connectivity index (χ0v) is 23.6. The van der Waals surface area contributed by atoms with Crippen molar-refractivity contribution in [3.63, 3.8) is 0 Å². The van der Waals surface area contributed by atoms with E-state index in [1.54, 1.807) is 0 Å². The Kier molecular flexibility index (Phi) is 6.00. The number of aromatic nitrogens is 3. The second kappa shape index (κ2) is 10.0. The molecule has 4 heteroatoms. The maximum absolute atomic E-state index is 10.3. The minimum Gasteiger partial charge on any atom is -0.208 e. The van der Waals surface area contributed by atoms with Gasteiger partial charge in [-0.1, -0.05) is 91.0 Å². The second-order valence-corrected chi connectivity index (χ2v) is 12.7. The van der Waals surface area contributed by atoms with Crippen molar-refractivity contribution in [3.8, 4) is 51.4 Å². The fourth-order valence-corrected chi connectivity index (χ4v) is 8.45. The SMILES string of the molecule is N#Cc1cc(C23CC4CC(CC(C4)C2)C3)ccc1-c1cccc(-c2nc(-c3ccccc3)nc(-c3ccccc3)n2)c1. The van der Waals surface area contributed by atoms with Gasteiger partial charge < -0.3 is 0 Å². The predicted octanol–water partition coefficient (Wildman–Crippen LogP) is 8.88. The Balaban J connectivity index is 1.19. The van der Waals surface area contributed by atoms with Gasteiger partial charge in [0.2, 0.25) is 0 Å². The lowest BCUT2D eigenvalue weighted by molar-refractivity contribution is -0.00519. The molecule has 0 saturated heterocycles. The van der Waals surface area contributed by atoms with E-state index < -0.39 is 0 Å². The molecule has 42 heavy (non-hydrogen) atoms. The summed E-state index contributed by atoms with van der Waals surface area (Å²) in [5.74, 6) is 4.53. The van der Waals surface area contributed by atoms with E-state index >= 15 is 0 Å². The summed E-state index contributed by atoms with van der Waals surface area (Å²) in [6, 6.07) is 37.6. The number of rotatable bonds is 5. The lowest BCUT2D eigenvalue weighted by atomic mass is 9.48. The van der Waals surface area contributed by atoms with E-state index in [4.69, 9.17) is 15.0 Å². The Bertz CT molecular complexity index is 1730. The van der Waals surface area contributed by atoms with Gasteiger partial charge >= 0.3 is 0 Å². The summed E-state index contributed by atoms with van der Waals surface area (Å²) in [7, 11) is 0. The quantitative estimate of drug-likeness (QED) is 0.222.